The zero-order valence-corrected chi connectivity index (χ0v) is 8.38. The molecule has 1 fully saturated rings. The summed E-state index contributed by atoms with van der Waals surface area (Å²) in [7, 11) is 1.65. The van der Waals surface area contributed by atoms with Crippen molar-refractivity contribution in [3.8, 4) is 5.75 Å². The second-order valence-electron chi connectivity index (χ2n) is 3.56. The quantitative estimate of drug-likeness (QED) is 0.729. The van der Waals surface area contributed by atoms with Crippen LogP contribution in [-0.2, 0) is 4.74 Å². The molecule has 0 radical (unpaired) electrons. The van der Waals surface area contributed by atoms with E-state index in [4.69, 9.17) is 9.47 Å². The topological polar surface area (TPSA) is 48.7 Å². The molecule has 0 unspecified atom stereocenters. The number of hydrogen-bond donors (Lipinski definition) is 0. The second kappa shape index (κ2) is 3.20. The van der Waals surface area contributed by atoms with Gasteiger partial charge in [-0.1, -0.05) is 0 Å². The van der Waals surface area contributed by atoms with E-state index in [2.05, 4.69) is 10.1 Å². The molecule has 3 rings (SSSR count). The van der Waals surface area contributed by atoms with Crippen LogP contribution in [0.25, 0.3) is 5.65 Å². The molecule has 1 aliphatic heterocycles. The van der Waals surface area contributed by atoms with Crippen molar-refractivity contribution in [3.63, 3.8) is 0 Å². The van der Waals surface area contributed by atoms with Gasteiger partial charge in [0.15, 0.2) is 5.65 Å². The summed E-state index contributed by atoms with van der Waals surface area (Å²) in [6.45, 7) is 1.45. The summed E-state index contributed by atoms with van der Waals surface area (Å²) in [5.74, 6) is 1.15. The average molecular weight is 205 g/mol. The van der Waals surface area contributed by atoms with Crippen molar-refractivity contribution >= 4 is 5.65 Å². The van der Waals surface area contributed by atoms with Crippen LogP contribution in [-0.4, -0.2) is 34.9 Å². The van der Waals surface area contributed by atoms with Gasteiger partial charge in [0.1, 0.15) is 11.4 Å². The van der Waals surface area contributed by atoms with E-state index in [0.717, 1.165) is 30.3 Å². The number of rotatable bonds is 2. The number of fused-ring (bicyclic) bond motifs is 1. The fraction of sp³-hybridized carbons (Fsp3) is 0.400. The Bertz CT molecular complexity index is 490. The standard InChI is InChI=1S/C10H11N3O2/c1-14-8-4-9-11-2-3-13(9)12-10(8)7-5-15-6-7/h2-4,7H,5-6H2,1H3. The van der Waals surface area contributed by atoms with Crippen molar-refractivity contribution in [3.05, 3.63) is 24.2 Å². The monoisotopic (exact) mass is 205 g/mol. The van der Waals surface area contributed by atoms with Crippen molar-refractivity contribution in [2.45, 2.75) is 5.92 Å². The molecule has 0 saturated carbocycles. The van der Waals surface area contributed by atoms with Crippen molar-refractivity contribution in [2.75, 3.05) is 20.3 Å². The van der Waals surface area contributed by atoms with E-state index >= 15 is 0 Å². The van der Waals surface area contributed by atoms with Crippen LogP contribution in [0.15, 0.2) is 18.5 Å². The van der Waals surface area contributed by atoms with Gasteiger partial charge in [-0.3, -0.25) is 0 Å². The molecule has 1 aliphatic rings. The average Bonchev–Trinajstić information content (AvgIpc) is 2.60. The minimum Gasteiger partial charge on any atom is -0.495 e. The van der Waals surface area contributed by atoms with Gasteiger partial charge in [0.2, 0.25) is 0 Å². The van der Waals surface area contributed by atoms with Crippen LogP contribution in [0.4, 0.5) is 0 Å². The number of ether oxygens (including phenoxy) is 2. The number of aromatic nitrogens is 3. The van der Waals surface area contributed by atoms with Gasteiger partial charge in [0.05, 0.1) is 26.2 Å². The molecule has 15 heavy (non-hydrogen) atoms. The highest BCUT2D eigenvalue weighted by Gasteiger charge is 2.26. The minimum atomic E-state index is 0.353. The van der Waals surface area contributed by atoms with Crippen LogP contribution in [0.3, 0.4) is 0 Å². The molecule has 5 nitrogen and oxygen atoms in total. The van der Waals surface area contributed by atoms with Gasteiger partial charge in [-0.25, -0.2) is 9.50 Å². The number of nitrogens with zero attached hydrogens (tertiary/aromatic N) is 3. The lowest BCUT2D eigenvalue weighted by Crippen LogP contribution is -2.27. The fourth-order valence-electron chi connectivity index (χ4n) is 1.69. The SMILES string of the molecule is COc1cc2nccn2nc1C1COC1. The molecule has 2 aromatic heterocycles. The normalized spacial score (nSPS) is 16.6. The third-order valence-electron chi connectivity index (χ3n) is 2.62. The first-order valence-electron chi connectivity index (χ1n) is 4.84. The van der Waals surface area contributed by atoms with Crippen LogP contribution >= 0.6 is 0 Å². The molecule has 0 aliphatic carbocycles. The molecule has 3 heterocycles. The van der Waals surface area contributed by atoms with Crippen LogP contribution in [0.5, 0.6) is 5.75 Å². The molecule has 0 N–H and O–H groups in total. The molecule has 0 spiro atoms. The summed E-state index contributed by atoms with van der Waals surface area (Å²) >= 11 is 0. The largest absolute Gasteiger partial charge is 0.495 e. The van der Waals surface area contributed by atoms with Gasteiger partial charge < -0.3 is 9.47 Å². The lowest BCUT2D eigenvalue weighted by atomic mass is 10.0. The van der Waals surface area contributed by atoms with E-state index in [1.807, 2.05) is 12.3 Å². The number of hydrogen-bond acceptors (Lipinski definition) is 4. The zero-order valence-electron chi connectivity index (χ0n) is 8.38. The highest BCUT2D eigenvalue weighted by atomic mass is 16.5. The minimum absolute atomic E-state index is 0.353. The molecule has 2 aromatic rings. The van der Waals surface area contributed by atoms with Gasteiger partial charge in [-0.2, -0.15) is 5.10 Å². The summed E-state index contributed by atoms with van der Waals surface area (Å²) in [4.78, 5) is 4.16. The highest BCUT2D eigenvalue weighted by molar-refractivity contribution is 5.46. The van der Waals surface area contributed by atoms with E-state index in [0.29, 0.717) is 5.92 Å². The van der Waals surface area contributed by atoms with E-state index in [1.165, 1.54) is 0 Å². The first kappa shape index (κ1) is 8.67. The molecule has 0 bridgehead atoms. The molecule has 78 valence electrons. The van der Waals surface area contributed by atoms with E-state index in [1.54, 1.807) is 17.8 Å². The van der Waals surface area contributed by atoms with E-state index in [9.17, 15) is 0 Å². The van der Waals surface area contributed by atoms with Gasteiger partial charge in [0.25, 0.3) is 0 Å². The number of methoxy groups -OCH3 is 1. The summed E-state index contributed by atoms with van der Waals surface area (Å²) in [5, 5.41) is 4.48. The summed E-state index contributed by atoms with van der Waals surface area (Å²) in [5.41, 5.74) is 1.75. The Morgan fingerprint density at radius 2 is 2.40 bits per heavy atom. The maximum Gasteiger partial charge on any atom is 0.157 e. The van der Waals surface area contributed by atoms with Crippen molar-refractivity contribution in [2.24, 2.45) is 0 Å². The summed E-state index contributed by atoms with van der Waals surface area (Å²) in [6, 6.07) is 1.90. The molecule has 5 heteroatoms. The van der Waals surface area contributed by atoms with Crippen molar-refractivity contribution < 1.29 is 9.47 Å². The lowest BCUT2D eigenvalue weighted by molar-refractivity contribution is 0.00529. The van der Waals surface area contributed by atoms with Crippen LogP contribution < -0.4 is 4.74 Å². The Morgan fingerprint density at radius 1 is 1.53 bits per heavy atom. The molecular formula is C10H11N3O2. The second-order valence-corrected chi connectivity index (χ2v) is 3.56. The van der Waals surface area contributed by atoms with Crippen molar-refractivity contribution in [1.82, 2.24) is 14.6 Å². The van der Waals surface area contributed by atoms with Gasteiger partial charge >= 0.3 is 0 Å². The predicted octanol–water partition coefficient (Wildman–Crippen LogP) is 0.852. The molecular weight excluding hydrogens is 194 g/mol. The lowest BCUT2D eigenvalue weighted by Gasteiger charge is -2.26. The third-order valence-corrected chi connectivity index (χ3v) is 2.62. The van der Waals surface area contributed by atoms with Crippen LogP contribution in [0, 0.1) is 0 Å². The maximum atomic E-state index is 5.31. The number of imidazole rings is 1. The Kier molecular flexibility index (Phi) is 1.85. The third kappa shape index (κ3) is 1.27. The van der Waals surface area contributed by atoms with Crippen molar-refractivity contribution in [1.29, 1.82) is 0 Å². The van der Waals surface area contributed by atoms with E-state index in [-0.39, 0.29) is 0 Å². The molecule has 0 aromatic carbocycles. The van der Waals surface area contributed by atoms with Crippen LogP contribution in [0.2, 0.25) is 0 Å². The Labute approximate surface area is 86.6 Å². The zero-order chi connectivity index (χ0) is 10.3. The van der Waals surface area contributed by atoms with Gasteiger partial charge in [-0.15, -0.1) is 0 Å². The first-order chi connectivity index (χ1) is 7.38. The molecule has 0 amide bonds. The predicted molar refractivity (Wildman–Crippen MR) is 53.1 cm³/mol. The smallest absolute Gasteiger partial charge is 0.157 e. The summed E-state index contributed by atoms with van der Waals surface area (Å²) in [6.07, 6.45) is 3.56. The van der Waals surface area contributed by atoms with E-state index < -0.39 is 0 Å². The fourth-order valence-corrected chi connectivity index (χ4v) is 1.69. The van der Waals surface area contributed by atoms with Gasteiger partial charge in [-0.05, 0) is 0 Å². The maximum absolute atomic E-state index is 5.31. The molecule has 1 saturated heterocycles. The molecule has 0 atom stereocenters. The first-order valence-corrected chi connectivity index (χ1v) is 4.84. The van der Waals surface area contributed by atoms with Gasteiger partial charge in [0, 0.05) is 18.5 Å². The van der Waals surface area contributed by atoms with Crippen LogP contribution in [0.1, 0.15) is 11.6 Å². The Hall–Kier alpha value is -1.62. The Morgan fingerprint density at radius 3 is 3.07 bits per heavy atom. The Balaban J connectivity index is 2.15. The summed E-state index contributed by atoms with van der Waals surface area (Å²) < 4.78 is 12.2. The highest BCUT2D eigenvalue weighted by Crippen LogP contribution is 2.30.